The summed E-state index contributed by atoms with van der Waals surface area (Å²) >= 11 is 5.92. The Kier molecular flexibility index (Phi) is 5.76. The van der Waals surface area contributed by atoms with E-state index in [9.17, 15) is 9.00 Å². The highest BCUT2D eigenvalue weighted by molar-refractivity contribution is 7.85. The van der Waals surface area contributed by atoms with Gasteiger partial charge in [-0.05, 0) is 49.2 Å². The van der Waals surface area contributed by atoms with Crippen molar-refractivity contribution in [3.8, 4) is 0 Å². The van der Waals surface area contributed by atoms with E-state index in [1.807, 2.05) is 29.2 Å². The topological polar surface area (TPSA) is 49.4 Å². The van der Waals surface area contributed by atoms with Crippen LogP contribution in [0.2, 0.25) is 5.02 Å². The van der Waals surface area contributed by atoms with E-state index >= 15 is 0 Å². The molecule has 0 aromatic heterocycles. The smallest absolute Gasteiger partial charge is 0.219 e. The van der Waals surface area contributed by atoms with Gasteiger partial charge in [-0.1, -0.05) is 23.7 Å². The maximum atomic E-state index is 12.9. The second kappa shape index (κ2) is 8.02. The van der Waals surface area contributed by atoms with Crippen molar-refractivity contribution in [2.45, 2.75) is 35.6 Å². The van der Waals surface area contributed by atoms with Gasteiger partial charge in [-0.15, -0.1) is 0 Å². The maximum Gasteiger partial charge on any atom is 0.219 e. The Labute approximate surface area is 155 Å². The third-order valence-corrected chi connectivity index (χ3v) is 6.12. The van der Waals surface area contributed by atoms with E-state index in [2.05, 4.69) is 5.32 Å². The van der Waals surface area contributed by atoms with Crippen LogP contribution in [0, 0.1) is 0 Å². The van der Waals surface area contributed by atoms with E-state index in [0.717, 1.165) is 41.4 Å². The van der Waals surface area contributed by atoms with Crippen molar-refractivity contribution < 1.29 is 9.00 Å². The molecule has 0 radical (unpaired) electrons. The van der Waals surface area contributed by atoms with Gasteiger partial charge in [0.25, 0.3) is 0 Å². The van der Waals surface area contributed by atoms with Gasteiger partial charge in [-0.3, -0.25) is 4.79 Å². The van der Waals surface area contributed by atoms with E-state index in [-0.39, 0.29) is 11.9 Å². The molecule has 1 N–H and O–H groups in total. The van der Waals surface area contributed by atoms with Crippen LogP contribution in [-0.2, 0) is 15.6 Å². The standard InChI is InChI=1S/C19H21ClN2O2S/c1-14(23)22-12-10-16(11-13-22)21-18-4-2-3-5-19(18)25(24)17-8-6-15(20)7-9-17/h2-9,16,21H,10-13H2,1H3. The lowest BCUT2D eigenvalue weighted by Crippen LogP contribution is -2.41. The maximum absolute atomic E-state index is 12.9. The lowest BCUT2D eigenvalue weighted by atomic mass is 10.0. The predicted octanol–water partition coefficient (Wildman–Crippen LogP) is 3.93. The highest BCUT2D eigenvalue weighted by atomic mass is 35.5. The third-order valence-electron chi connectivity index (χ3n) is 4.41. The molecule has 1 saturated heterocycles. The molecule has 3 rings (SSSR count). The van der Waals surface area contributed by atoms with Crippen LogP contribution in [-0.4, -0.2) is 34.1 Å². The Bertz CT molecular complexity index is 771. The van der Waals surface area contributed by atoms with Crippen LogP contribution < -0.4 is 5.32 Å². The SMILES string of the molecule is CC(=O)N1CCC(Nc2ccccc2S(=O)c2ccc(Cl)cc2)CC1. The van der Waals surface area contributed by atoms with Crippen molar-refractivity contribution in [1.82, 2.24) is 4.90 Å². The molecule has 2 aromatic carbocycles. The molecule has 6 heteroatoms. The van der Waals surface area contributed by atoms with Crippen LogP contribution in [0.15, 0.2) is 58.3 Å². The second-order valence-electron chi connectivity index (χ2n) is 6.14. The van der Waals surface area contributed by atoms with Gasteiger partial charge in [0.05, 0.1) is 21.4 Å². The molecule has 0 aliphatic carbocycles. The van der Waals surface area contributed by atoms with Crippen LogP contribution in [0.1, 0.15) is 19.8 Å². The molecule has 132 valence electrons. The van der Waals surface area contributed by atoms with E-state index < -0.39 is 10.8 Å². The van der Waals surface area contributed by atoms with Crippen LogP contribution in [0.5, 0.6) is 0 Å². The summed E-state index contributed by atoms with van der Waals surface area (Å²) in [5.74, 6) is 0.127. The van der Waals surface area contributed by atoms with Crippen molar-refractivity contribution >= 4 is 34.0 Å². The molecule has 4 nitrogen and oxygen atoms in total. The molecular formula is C19H21ClN2O2S. The first-order chi connectivity index (χ1) is 12.0. The van der Waals surface area contributed by atoms with Crippen LogP contribution in [0.25, 0.3) is 0 Å². The Hall–Kier alpha value is -1.85. The summed E-state index contributed by atoms with van der Waals surface area (Å²) in [6.45, 7) is 3.13. The number of para-hydroxylation sites is 1. The largest absolute Gasteiger partial charge is 0.381 e. The molecular weight excluding hydrogens is 356 g/mol. The molecule has 1 atom stereocenters. The molecule has 0 spiro atoms. The number of carbonyl (C=O) groups is 1. The van der Waals surface area contributed by atoms with Crippen LogP contribution >= 0.6 is 11.6 Å². The van der Waals surface area contributed by atoms with Crippen molar-refractivity contribution in [3.63, 3.8) is 0 Å². The van der Waals surface area contributed by atoms with Crippen molar-refractivity contribution in [2.75, 3.05) is 18.4 Å². The number of carbonyl (C=O) groups excluding carboxylic acids is 1. The van der Waals surface area contributed by atoms with Gasteiger partial charge in [0.15, 0.2) is 0 Å². The molecule has 1 aliphatic rings. The third kappa shape index (κ3) is 4.41. The van der Waals surface area contributed by atoms with Gasteiger partial charge >= 0.3 is 0 Å². The number of hydrogen-bond donors (Lipinski definition) is 1. The number of halogens is 1. The Balaban J connectivity index is 1.74. The number of rotatable bonds is 4. The fourth-order valence-corrected chi connectivity index (χ4v) is 4.28. The summed E-state index contributed by atoms with van der Waals surface area (Å²) in [7, 11) is -1.27. The number of anilines is 1. The van der Waals surface area contributed by atoms with Crippen molar-refractivity contribution in [2.24, 2.45) is 0 Å². The zero-order chi connectivity index (χ0) is 17.8. The number of nitrogens with zero attached hydrogens (tertiary/aromatic N) is 1. The number of amides is 1. The van der Waals surface area contributed by atoms with Crippen LogP contribution in [0.4, 0.5) is 5.69 Å². The molecule has 25 heavy (non-hydrogen) atoms. The fourth-order valence-electron chi connectivity index (χ4n) is 2.99. The van der Waals surface area contributed by atoms with E-state index in [0.29, 0.717) is 5.02 Å². The monoisotopic (exact) mass is 376 g/mol. The van der Waals surface area contributed by atoms with Crippen molar-refractivity contribution in [1.29, 1.82) is 0 Å². The molecule has 1 aliphatic heterocycles. The first-order valence-corrected chi connectivity index (χ1v) is 9.86. The second-order valence-corrected chi connectivity index (χ2v) is 8.03. The Morgan fingerprint density at radius 2 is 1.76 bits per heavy atom. The number of hydrogen-bond acceptors (Lipinski definition) is 3. The first kappa shape index (κ1) is 18.0. The summed E-state index contributed by atoms with van der Waals surface area (Å²) in [4.78, 5) is 14.8. The number of benzene rings is 2. The number of nitrogens with one attached hydrogen (secondary N) is 1. The zero-order valence-electron chi connectivity index (χ0n) is 14.1. The van der Waals surface area contributed by atoms with Gasteiger partial charge in [0, 0.05) is 36.0 Å². The molecule has 1 fully saturated rings. The van der Waals surface area contributed by atoms with Gasteiger partial charge in [0.1, 0.15) is 0 Å². The fraction of sp³-hybridized carbons (Fsp3) is 0.316. The number of likely N-dealkylation sites (tertiary alicyclic amines) is 1. The van der Waals surface area contributed by atoms with Gasteiger partial charge < -0.3 is 10.2 Å². The summed E-state index contributed by atoms with van der Waals surface area (Å²) in [5.41, 5.74) is 0.886. The summed E-state index contributed by atoms with van der Waals surface area (Å²) in [6.07, 6.45) is 1.78. The van der Waals surface area contributed by atoms with Crippen molar-refractivity contribution in [3.05, 3.63) is 53.6 Å². The normalized spacial score (nSPS) is 16.5. The molecule has 0 saturated carbocycles. The Morgan fingerprint density at radius 1 is 1.12 bits per heavy atom. The Morgan fingerprint density at radius 3 is 2.40 bits per heavy atom. The van der Waals surface area contributed by atoms with Gasteiger partial charge in [0.2, 0.25) is 5.91 Å². The summed E-state index contributed by atoms with van der Waals surface area (Å²) < 4.78 is 12.9. The summed E-state index contributed by atoms with van der Waals surface area (Å²) in [5, 5.41) is 4.14. The molecule has 0 bridgehead atoms. The lowest BCUT2D eigenvalue weighted by Gasteiger charge is -2.32. The lowest BCUT2D eigenvalue weighted by molar-refractivity contribution is -0.129. The average molecular weight is 377 g/mol. The van der Waals surface area contributed by atoms with E-state index in [1.54, 1.807) is 31.2 Å². The minimum Gasteiger partial charge on any atom is -0.381 e. The van der Waals surface area contributed by atoms with Gasteiger partial charge in [-0.25, -0.2) is 4.21 Å². The van der Waals surface area contributed by atoms with E-state index in [1.165, 1.54) is 0 Å². The van der Waals surface area contributed by atoms with Crippen LogP contribution in [0.3, 0.4) is 0 Å². The minimum atomic E-state index is -1.27. The molecule has 1 unspecified atom stereocenters. The predicted molar refractivity (Wildman–Crippen MR) is 101 cm³/mol. The molecule has 2 aromatic rings. The highest BCUT2D eigenvalue weighted by Crippen LogP contribution is 2.27. The van der Waals surface area contributed by atoms with Gasteiger partial charge in [-0.2, -0.15) is 0 Å². The highest BCUT2D eigenvalue weighted by Gasteiger charge is 2.22. The number of piperidine rings is 1. The molecule has 1 amide bonds. The molecule has 1 heterocycles. The summed E-state index contributed by atoms with van der Waals surface area (Å²) in [6, 6.07) is 15.0. The zero-order valence-corrected chi connectivity index (χ0v) is 15.6. The first-order valence-electron chi connectivity index (χ1n) is 8.33. The average Bonchev–Trinajstić information content (AvgIpc) is 2.63. The minimum absolute atomic E-state index is 0.127. The quantitative estimate of drug-likeness (QED) is 0.879. The van der Waals surface area contributed by atoms with E-state index in [4.69, 9.17) is 11.6 Å².